The maximum absolute atomic E-state index is 6.67. The maximum Gasteiger partial charge on any atom is 0.227 e. The predicted octanol–water partition coefficient (Wildman–Crippen LogP) is 8.44. The third-order valence-electron chi connectivity index (χ3n) is 10.6. The van der Waals surface area contributed by atoms with Gasteiger partial charge in [0, 0.05) is 91.8 Å². The number of aryl methyl sites for hydroxylation is 1. The first-order valence-corrected chi connectivity index (χ1v) is 18.5. The number of para-hydroxylation sites is 1. The molecule has 0 aliphatic carbocycles. The Bertz CT molecular complexity index is 2090. The van der Waals surface area contributed by atoms with Crippen LogP contribution >= 0.6 is 11.6 Å². The number of allylic oxidation sites excluding steroid dienone is 4. The van der Waals surface area contributed by atoms with Crippen LogP contribution in [0.4, 0.5) is 28.8 Å². The SMILES string of the molecule is C=C(CCC1=Cc2cc(Nc3nc(N4CCC[C@H](CNc5cccc6c(C7CCC(=C)NC7=C)nn(C)c56)C4)ncc3Cl)ccc2N(C)C1=C)NC. The van der Waals surface area contributed by atoms with Crippen molar-refractivity contribution >= 4 is 57.4 Å². The van der Waals surface area contributed by atoms with Crippen LogP contribution in [0, 0.1) is 5.92 Å². The molecule has 3 aliphatic rings. The molecule has 5 heterocycles. The molecule has 0 amide bonds. The lowest BCUT2D eigenvalue weighted by Crippen LogP contribution is -2.39. The second kappa shape index (κ2) is 14.8. The van der Waals surface area contributed by atoms with Crippen molar-refractivity contribution in [3.63, 3.8) is 0 Å². The van der Waals surface area contributed by atoms with Crippen molar-refractivity contribution < 1.29 is 0 Å². The van der Waals surface area contributed by atoms with Gasteiger partial charge < -0.3 is 31.1 Å². The van der Waals surface area contributed by atoms with Gasteiger partial charge in [0.05, 0.1) is 23.1 Å². The van der Waals surface area contributed by atoms with E-state index in [1.165, 1.54) is 5.57 Å². The zero-order valence-electron chi connectivity index (χ0n) is 30.5. The zero-order valence-corrected chi connectivity index (χ0v) is 31.3. The number of hydrogen-bond acceptors (Lipinski definition) is 9. The number of aromatic nitrogens is 4. The van der Waals surface area contributed by atoms with Crippen LogP contribution in [0.5, 0.6) is 0 Å². The summed E-state index contributed by atoms with van der Waals surface area (Å²) < 4.78 is 2.00. The van der Waals surface area contributed by atoms with E-state index < -0.39 is 0 Å². The van der Waals surface area contributed by atoms with Gasteiger partial charge in [-0.25, -0.2) is 4.98 Å². The van der Waals surface area contributed by atoms with Gasteiger partial charge in [-0.05, 0) is 80.4 Å². The third-order valence-corrected chi connectivity index (χ3v) is 10.9. The Morgan fingerprint density at radius 1 is 1.12 bits per heavy atom. The lowest BCUT2D eigenvalue weighted by Gasteiger charge is -2.33. The van der Waals surface area contributed by atoms with Gasteiger partial charge >= 0.3 is 0 Å². The first kappa shape index (κ1) is 35.2. The fraction of sp³-hybridized carbons (Fsp3) is 0.341. The number of hydrogen-bond donors (Lipinski definition) is 4. The molecule has 3 aliphatic heterocycles. The number of piperidine rings is 2. The van der Waals surface area contributed by atoms with Crippen molar-refractivity contribution in [2.45, 2.75) is 44.4 Å². The maximum atomic E-state index is 6.67. The molecule has 0 saturated carbocycles. The Labute approximate surface area is 312 Å². The summed E-state index contributed by atoms with van der Waals surface area (Å²) in [5.74, 6) is 1.85. The van der Waals surface area contributed by atoms with Gasteiger partial charge in [0.15, 0.2) is 5.82 Å². The van der Waals surface area contributed by atoms with Crippen LogP contribution in [-0.4, -0.2) is 53.5 Å². The molecule has 2 aromatic carbocycles. The molecule has 7 rings (SSSR count). The summed E-state index contributed by atoms with van der Waals surface area (Å²) in [5.41, 5.74) is 11.6. The summed E-state index contributed by atoms with van der Waals surface area (Å²) in [5, 5.41) is 20.4. The molecular weight excluding hydrogens is 668 g/mol. The average molecular weight is 717 g/mol. The van der Waals surface area contributed by atoms with Crippen LogP contribution in [0.2, 0.25) is 5.02 Å². The number of likely N-dealkylation sites (N-methyl/N-ethyl adjacent to an activating group) is 1. The van der Waals surface area contributed by atoms with Crippen LogP contribution in [0.1, 0.15) is 55.7 Å². The Balaban J connectivity index is 1.03. The van der Waals surface area contributed by atoms with E-state index in [1.54, 1.807) is 6.20 Å². The van der Waals surface area contributed by atoms with Gasteiger partial charge in [-0.3, -0.25) is 4.68 Å². The zero-order chi connectivity index (χ0) is 36.5. The molecule has 10 nitrogen and oxygen atoms in total. The molecule has 4 N–H and O–H groups in total. The molecule has 2 saturated heterocycles. The fourth-order valence-electron chi connectivity index (χ4n) is 7.65. The molecule has 11 heteroatoms. The molecule has 4 aromatic rings. The minimum absolute atomic E-state index is 0.161. The number of benzene rings is 2. The minimum atomic E-state index is 0.161. The van der Waals surface area contributed by atoms with Crippen molar-refractivity contribution in [1.82, 2.24) is 30.4 Å². The molecule has 52 heavy (non-hydrogen) atoms. The Hall–Kier alpha value is -5.22. The highest BCUT2D eigenvalue weighted by atomic mass is 35.5. The normalized spacial score (nSPS) is 18.9. The van der Waals surface area contributed by atoms with Crippen molar-refractivity contribution in [3.05, 3.63) is 114 Å². The topological polar surface area (TPSA) is 98.2 Å². The van der Waals surface area contributed by atoms with Crippen molar-refractivity contribution in [2.75, 3.05) is 54.2 Å². The number of anilines is 5. The first-order valence-electron chi connectivity index (χ1n) is 18.1. The monoisotopic (exact) mass is 716 g/mol. The summed E-state index contributed by atoms with van der Waals surface area (Å²) >= 11 is 6.67. The third kappa shape index (κ3) is 7.12. The van der Waals surface area contributed by atoms with E-state index in [2.05, 4.69) is 112 Å². The average Bonchev–Trinajstić information content (AvgIpc) is 3.48. The largest absolute Gasteiger partial charge is 0.392 e. The van der Waals surface area contributed by atoms with E-state index >= 15 is 0 Å². The number of nitrogens with zero attached hydrogens (tertiary/aromatic N) is 6. The van der Waals surface area contributed by atoms with E-state index in [0.29, 0.717) is 22.7 Å². The number of rotatable bonds is 11. The van der Waals surface area contributed by atoms with Gasteiger partial charge in [-0.15, -0.1) is 0 Å². The predicted molar refractivity (Wildman–Crippen MR) is 217 cm³/mol. The highest BCUT2D eigenvalue weighted by molar-refractivity contribution is 6.32. The van der Waals surface area contributed by atoms with Crippen LogP contribution in [0.3, 0.4) is 0 Å². The number of nitrogens with one attached hydrogen (secondary N) is 4. The Kier molecular flexibility index (Phi) is 10.0. The molecule has 1 unspecified atom stereocenters. The van der Waals surface area contributed by atoms with Gasteiger partial charge in [0.25, 0.3) is 0 Å². The fourth-order valence-corrected chi connectivity index (χ4v) is 7.79. The molecule has 2 atom stereocenters. The van der Waals surface area contributed by atoms with Gasteiger partial charge in [0.1, 0.15) is 5.02 Å². The first-order chi connectivity index (χ1) is 25.1. The lowest BCUT2D eigenvalue weighted by atomic mass is 9.90. The summed E-state index contributed by atoms with van der Waals surface area (Å²) in [6.45, 7) is 19.4. The summed E-state index contributed by atoms with van der Waals surface area (Å²) in [6, 6.07) is 12.7. The van der Waals surface area contributed by atoms with E-state index in [4.69, 9.17) is 21.7 Å². The quantitative estimate of drug-likeness (QED) is 0.122. The highest BCUT2D eigenvalue weighted by Gasteiger charge is 2.27. The molecule has 0 spiro atoms. The molecule has 0 bridgehead atoms. The van der Waals surface area contributed by atoms with Crippen molar-refractivity contribution in [3.8, 4) is 0 Å². The van der Waals surface area contributed by atoms with Crippen molar-refractivity contribution in [1.29, 1.82) is 0 Å². The summed E-state index contributed by atoms with van der Waals surface area (Å²) in [7, 11) is 5.99. The molecule has 2 fully saturated rings. The van der Waals surface area contributed by atoms with Gasteiger partial charge in [-0.1, -0.05) is 50.0 Å². The minimum Gasteiger partial charge on any atom is -0.392 e. The Morgan fingerprint density at radius 3 is 2.77 bits per heavy atom. The van der Waals surface area contributed by atoms with Gasteiger partial charge in [-0.2, -0.15) is 10.1 Å². The van der Waals surface area contributed by atoms with E-state index in [9.17, 15) is 0 Å². The standard InChI is InChI=1S/C41H49ClN10/c1-25(43-5)13-15-30-20-31-21-32(16-18-37(31)50(6)28(30)4)47-40-35(42)23-45-41(48-40)52-19-9-10-29(24-52)22-44-36-12-8-11-34-38(49-51(7)39(34)36)33-17-14-26(2)46-27(33)3/h8,11-12,16,18,20-21,23,29,33,43-44,46H,1-4,9-10,13-15,17,19,22,24H2,5-7H3,(H,45,47,48)/t29-,33?/m1/s1. The second-order valence-electron chi connectivity index (χ2n) is 14.2. The van der Waals surface area contributed by atoms with E-state index in [1.807, 2.05) is 18.8 Å². The number of halogens is 1. The summed E-state index contributed by atoms with van der Waals surface area (Å²) in [6.07, 6.45) is 9.70. The van der Waals surface area contributed by atoms with Gasteiger partial charge in [0.2, 0.25) is 5.95 Å². The molecule has 270 valence electrons. The van der Waals surface area contributed by atoms with Crippen LogP contribution in [0.25, 0.3) is 17.0 Å². The smallest absolute Gasteiger partial charge is 0.227 e. The highest BCUT2D eigenvalue weighted by Crippen LogP contribution is 2.39. The number of fused-ring (bicyclic) bond motifs is 2. The molecule has 0 radical (unpaired) electrons. The lowest BCUT2D eigenvalue weighted by molar-refractivity contribution is 0.428. The van der Waals surface area contributed by atoms with E-state index in [-0.39, 0.29) is 5.92 Å². The molecule has 2 aromatic heterocycles. The Morgan fingerprint density at radius 2 is 1.96 bits per heavy atom. The summed E-state index contributed by atoms with van der Waals surface area (Å²) in [4.78, 5) is 14.0. The van der Waals surface area contributed by atoms with Crippen LogP contribution in [0.15, 0.2) is 97.3 Å². The van der Waals surface area contributed by atoms with E-state index in [0.717, 1.165) is 120 Å². The van der Waals surface area contributed by atoms with Crippen LogP contribution in [-0.2, 0) is 7.05 Å². The van der Waals surface area contributed by atoms with Crippen LogP contribution < -0.4 is 31.1 Å². The van der Waals surface area contributed by atoms with Crippen molar-refractivity contribution in [2.24, 2.45) is 13.0 Å². The second-order valence-corrected chi connectivity index (χ2v) is 14.6. The molecular formula is C41H49ClN10.